The van der Waals surface area contributed by atoms with Crippen LogP contribution in [0.2, 0.25) is 0 Å². The van der Waals surface area contributed by atoms with Crippen molar-refractivity contribution in [3.8, 4) is 0 Å². The molecule has 0 saturated carbocycles. The minimum Gasteiger partial charge on any atom is -0.267 e. The zero-order valence-electron chi connectivity index (χ0n) is 12.3. The van der Waals surface area contributed by atoms with Crippen LogP contribution in [-0.2, 0) is 0 Å². The first kappa shape index (κ1) is 15.7. The molecule has 0 aliphatic heterocycles. The second kappa shape index (κ2) is 6.85. The smallest absolute Gasteiger partial charge is 0.267 e. The summed E-state index contributed by atoms with van der Waals surface area (Å²) in [5, 5.41) is 4.29. The van der Waals surface area contributed by atoms with Gasteiger partial charge in [-0.2, -0.15) is 5.10 Å². The lowest BCUT2D eigenvalue weighted by Gasteiger charge is -2.22. The fourth-order valence-corrected chi connectivity index (χ4v) is 2.47. The van der Waals surface area contributed by atoms with E-state index in [1.165, 1.54) is 0 Å². The maximum atomic E-state index is 12.1. The molecule has 1 aliphatic carbocycles. The molecule has 0 unspecified atom stereocenters. The molecule has 4 heteroatoms. The van der Waals surface area contributed by atoms with E-state index in [0.717, 1.165) is 34.2 Å². The normalized spacial score (nSPS) is 20.0. The van der Waals surface area contributed by atoms with Crippen LogP contribution < -0.4 is 5.43 Å². The molecule has 0 fully saturated rings. The number of allylic oxidation sites excluding steroid dienone is 3. The quantitative estimate of drug-likeness (QED) is 0.636. The Morgan fingerprint density at radius 3 is 2.67 bits per heavy atom. The fraction of sp³-hybridized carbons (Fsp3) is 0.294. The number of nitrogens with zero attached hydrogens (tertiary/aromatic N) is 1. The SMILES string of the molecule is C=C(C)[C@H]1CC=C(C)C(=NNC(=O)c2ccc(Br)cc2)C1. The molecule has 1 atom stereocenters. The van der Waals surface area contributed by atoms with Crippen molar-refractivity contribution in [3.63, 3.8) is 0 Å². The third kappa shape index (κ3) is 4.14. The number of hydrogen-bond donors (Lipinski definition) is 1. The number of amides is 1. The lowest BCUT2D eigenvalue weighted by molar-refractivity contribution is 0.0954. The maximum Gasteiger partial charge on any atom is 0.271 e. The number of hydrogen-bond acceptors (Lipinski definition) is 2. The molecule has 21 heavy (non-hydrogen) atoms. The zero-order chi connectivity index (χ0) is 15.4. The Kier molecular flexibility index (Phi) is 5.12. The predicted octanol–water partition coefficient (Wildman–Crippen LogP) is 4.47. The molecule has 0 bridgehead atoms. The molecule has 0 saturated heterocycles. The Morgan fingerprint density at radius 2 is 2.05 bits per heavy atom. The lowest BCUT2D eigenvalue weighted by Crippen LogP contribution is -2.23. The first-order valence-electron chi connectivity index (χ1n) is 6.92. The highest BCUT2D eigenvalue weighted by atomic mass is 79.9. The predicted molar refractivity (Wildman–Crippen MR) is 90.3 cm³/mol. The second-order valence-electron chi connectivity index (χ2n) is 5.38. The summed E-state index contributed by atoms with van der Waals surface area (Å²) in [6.45, 7) is 8.08. The summed E-state index contributed by atoms with van der Waals surface area (Å²) in [6.07, 6.45) is 3.99. The van der Waals surface area contributed by atoms with Gasteiger partial charge < -0.3 is 0 Å². The maximum absolute atomic E-state index is 12.1. The number of hydrazone groups is 1. The Hall–Kier alpha value is -1.68. The van der Waals surface area contributed by atoms with Gasteiger partial charge in [-0.1, -0.05) is 34.2 Å². The van der Waals surface area contributed by atoms with Gasteiger partial charge in [-0.15, -0.1) is 0 Å². The van der Waals surface area contributed by atoms with Gasteiger partial charge in [0.05, 0.1) is 5.71 Å². The van der Waals surface area contributed by atoms with Gasteiger partial charge in [0, 0.05) is 10.0 Å². The molecule has 0 spiro atoms. The number of carbonyl (C=O) groups excluding carboxylic acids is 1. The molecule has 0 aromatic heterocycles. The molecule has 0 radical (unpaired) electrons. The summed E-state index contributed by atoms with van der Waals surface area (Å²) >= 11 is 3.35. The van der Waals surface area contributed by atoms with Crippen molar-refractivity contribution >= 4 is 27.5 Å². The van der Waals surface area contributed by atoms with E-state index in [9.17, 15) is 4.79 Å². The minimum atomic E-state index is -0.194. The van der Waals surface area contributed by atoms with E-state index in [1.807, 2.05) is 26.0 Å². The number of rotatable bonds is 3. The Bertz CT molecular complexity index is 614. The van der Waals surface area contributed by atoms with Crippen molar-refractivity contribution in [1.82, 2.24) is 5.43 Å². The second-order valence-corrected chi connectivity index (χ2v) is 6.29. The van der Waals surface area contributed by atoms with Gasteiger partial charge in [0.15, 0.2) is 0 Å². The van der Waals surface area contributed by atoms with Crippen LogP contribution >= 0.6 is 15.9 Å². The summed E-state index contributed by atoms with van der Waals surface area (Å²) in [5.74, 6) is 0.220. The Morgan fingerprint density at radius 1 is 1.38 bits per heavy atom. The molecular formula is C17H19BrN2O. The highest BCUT2D eigenvalue weighted by molar-refractivity contribution is 9.10. The summed E-state index contributed by atoms with van der Waals surface area (Å²) in [5.41, 5.74) is 6.45. The molecule has 1 aromatic rings. The summed E-state index contributed by atoms with van der Waals surface area (Å²) < 4.78 is 0.945. The van der Waals surface area contributed by atoms with E-state index >= 15 is 0 Å². The van der Waals surface area contributed by atoms with Crippen molar-refractivity contribution in [1.29, 1.82) is 0 Å². The van der Waals surface area contributed by atoms with Crippen molar-refractivity contribution < 1.29 is 4.79 Å². The number of halogens is 1. The Labute approximate surface area is 134 Å². The van der Waals surface area contributed by atoms with Gasteiger partial charge in [0.25, 0.3) is 5.91 Å². The molecule has 0 heterocycles. The average molecular weight is 347 g/mol. The monoisotopic (exact) mass is 346 g/mol. The van der Waals surface area contributed by atoms with Crippen LogP contribution in [0.25, 0.3) is 0 Å². The molecular weight excluding hydrogens is 328 g/mol. The summed E-state index contributed by atoms with van der Waals surface area (Å²) in [6, 6.07) is 7.20. The van der Waals surface area contributed by atoms with Crippen LogP contribution in [0.4, 0.5) is 0 Å². The molecule has 1 aliphatic rings. The van der Waals surface area contributed by atoms with E-state index in [4.69, 9.17) is 0 Å². The van der Waals surface area contributed by atoms with E-state index in [2.05, 4.69) is 39.1 Å². The highest BCUT2D eigenvalue weighted by Crippen LogP contribution is 2.26. The van der Waals surface area contributed by atoms with Crippen LogP contribution in [0.5, 0.6) is 0 Å². The van der Waals surface area contributed by atoms with Gasteiger partial charge in [0.1, 0.15) is 0 Å². The van der Waals surface area contributed by atoms with E-state index in [1.54, 1.807) is 12.1 Å². The molecule has 1 aromatic carbocycles. The summed E-state index contributed by atoms with van der Waals surface area (Å²) in [7, 11) is 0. The first-order valence-corrected chi connectivity index (χ1v) is 7.71. The number of benzene rings is 1. The van der Waals surface area contributed by atoms with Gasteiger partial charge >= 0.3 is 0 Å². The van der Waals surface area contributed by atoms with Crippen LogP contribution in [0, 0.1) is 5.92 Å². The largest absolute Gasteiger partial charge is 0.271 e. The van der Waals surface area contributed by atoms with Crippen LogP contribution in [-0.4, -0.2) is 11.6 Å². The number of carbonyl (C=O) groups is 1. The average Bonchev–Trinajstić information content (AvgIpc) is 2.46. The van der Waals surface area contributed by atoms with Crippen molar-refractivity contribution in [2.75, 3.05) is 0 Å². The zero-order valence-corrected chi connectivity index (χ0v) is 13.9. The van der Waals surface area contributed by atoms with Gasteiger partial charge in [-0.25, -0.2) is 5.43 Å². The molecule has 1 amide bonds. The Balaban J connectivity index is 2.07. The van der Waals surface area contributed by atoms with E-state index < -0.39 is 0 Å². The standard InChI is InChI=1S/C17H19BrN2O/c1-11(2)14-5-4-12(3)16(10-14)19-20-17(21)13-6-8-15(18)9-7-13/h4,6-9,14H,1,5,10H2,2-3H3,(H,20,21)/t14-/m0/s1. The topological polar surface area (TPSA) is 41.5 Å². The lowest BCUT2D eigenvalue weighted by atomic mass is 9.85. The van der Waals surface area contributed by atoms with Crippen LogP contribution in [0.15, 0.2) is 57.6 Å². The number of nitrogens with one attached hydrogen (secondary N) is 1. The van der Waals surface area contributed by atoms with Crippen molar-refractivity contribution in [2.45, 2.75) is 26.7 Å². The van der Waals surface area contributed by atoms with E-state index in [0.29, 0.717) is 11.5 Å². The van der Waals surface area contributed by atoms with Crippen molar-refractivity contribution in [3.05, 3.63) is 58.1 Å². The fourth-order valence-electron chi connectivity index (χ4n) is 2.21. The third-order valence-corrected chi connectivity index (χ3v) is 4.23. The van der Waals surface area contributed by atoms with Crippen LogP contribution in [0.3, 0.4) is 0 Å². The molecule has 110 valence electrons. The first-order chi connectivity index (χ1) is 9.97. The highest BCUT2D eigenvalue weighted by Gasteiger charge is 2.18. The molecule has 1 N–H and O–H groups in total. The van der Waals surface area contributed by atoms with Gasteiger partial charge in [-0.3, -0.25) is 4.79 Å². The minimum absolute atomic E-state index is 0.194. The van der Waals surface area contributed by atoms with Crippen LogP contribution in [0.1, 0.15) is 37.0 Å². The molecule has 2 rings (SSSR count). The van der Waals surface area contributed by atoms with Gasteiger partial charge in [-0.05, 0) is 62.4 Å². The summed E-state index contributed by atoms with van der Waals surface area (Å²) in [4.78, 5) is 12.1. The van der Waals surface area contributed by atoms with Crippen molar-refractivity contribution in [2.24, 2.45) is 11.0 Å². The molecule has 3 nitrogen and oxygen atoms in total. The van der Waals surface area contributed by atoms with E-state index in [-0.39, 0.29) is 5.91 Å². The third-order valence-electron chi connectivity index (χ3n) is 3.70. The van der Waals surface area contributed by atoms with Gasteiger partial charge in [0.2, 0.25) is 0 Å².